The molecule has 0 aliphatic rings. The second-order valence-corrected chi connectivity index (χ2v) is 6.30. The Labute approximate surface area is 152 Å². The summed E-state index contributed by atoms with van der Waals surface area (Å²) >= 11 is 15.3. The summed E-state index contributed by atoms with van der Waals surface area (Å²) in [6.07, 6.45) is 1.42. The molecule has 0 unspecified atom stereocenters. The highest BCUT2D eigenvalue weighted by Gasteiger charge is 2.05. The molecule has 0 bridgehead atoms. The number of aryl methyl sites for hydroxylation is 1. The highest BCUT2D eigenvalue weighted by molar-refractivity contribution is 9.10. The van der Waals surface area contributed by atoms with Crippen LogP contribution in [0.15, 0.2) is 46.0 Å². The van der Waals surface area contributed by atoms with Gasteiger partial charge in [0, 0.05) is 5.56 Å². The van der Waals surface area contributed by atoms with Gasteiger partial charge in [-0.1, -0.05) is 41.4 Å². The van der Waals surface area contributed by atoms with Crippen LogP contribution in [0.3, 0.4) is 0 Å². The van der Waals surface area contributed by atoms with E-state index in [0.29, 0.717) is 21.4 Å². The molecule has 0 saturated heterocycles. The molecule has 0 aliphatic heterocycles. The van der Waals surface area contributed by atoms with Crippen LogP contribution in [0.5, 0.6) is 5.75 Å². The Balaban J connectivity index is 1.87. The summed E-state index contributed by atoms with van der Waals surface area (Å²) in [5.41, 5.74) is 4.07. The summed E-state index contributed by atoms with van der Waals surface area (Å²) in [5.74, 6) is 0.208. The normalized spacial score (nSPS) is 10.8. The number of carbonyl (C=O) groups is 1. The molecule has 0 radical (unpaired) electrons. The van der Waals surface area contributed by atoms with Crippen LogP contribution < -0.4 is 10.2 Å². The lowest BCUT2D eigenvalue weighted by atomic mass is 10.2. The molecular formula is C16H13BrCl2N2O2. The summed E-state index contributed by atoms with van der Waals surface area (Å²) in [4.78, 5) is 11.7. The Morgan fingerprint density at radius 3 is 2.87 bits per heavy atom. The number of benzene rings is 2. The van der Waals surface area contributed by atoms with Crippen LogP contribution in [-0.2, 0) is 4.79 Å². The van der Waals surface area contributed by atoms with Crippen LogP contribution in [-0.4, -0.2) is 18.7 Å². The maximum atomic E-state index is 11.7. The summed E-state index contributed by atoms with van der Waals surface area (Å²) < 4.78 is 6.21. The third-order valence-electron chi connectivity index (χ3n) is 2.82. The van der Waals surface area contributed by atoms with Gasteiger partial charge in [-0.2, -0.15) is 5.10 Å². The first-order valence-electron chi connectivity index (χ1n) is 6.62. The van der Waals surface area contributed by atoms with Gasteiger partial charge >= 0.3 is 0 Å². The maximum absolute atomic E-state index is 11.7. The number of carbonyl (C=O) groups excluding carboxylic acids is 1. The van der Waals surface area contributed by atoms with Gasteiger partial charge in [-0.05, 0) is 46.6 Å². The standard InChI is InChI=1S/C16H13BrCl2N2O2/c1-10-5-6-14(12(17)7-10)23-9-15(22)21-20-8-11-3-2-4-13(18)16(11)19/h2-8H,9H2,1H3,(H,21,22). The molecule has 2 rings (SSSR count). The molecule has 23 heavy (non-hydrogen) atoms. The van der Waals surface area contributed by atoms with E-state index in [1.54, 1.807) is 24.3 Å². The number of hydrogen-bond acceptors (Lipinski definition) is 3. The molecule has 0 atom stereocenters. The van der Waals surface area contributed by atoms with E-state index in [1.807, 2.05) is 19.1 Å². The molecule has 0 fully saturated rings. The van der Waals surface area contributed by atoms with Crippen molar-refractivity contribution in [1.82, 2.24) is 5.43 Å². The highest BCUT2D eigenvalue weighted by Crippen LogP contribution is 2.25. The molecule has 0 saturated carbocycles. The first kappa shape index (κ1) is 17.8. The van der Waals surface area contributed by atoms with Crippen molar-refractivity contribution in [2.24, 2.45) is 5.10 Å². The largest absolute Gasteiger partial charge is 0.483 e. The average Bonchev–Trinajstić information content (AvgIpc) is 2.50. The topological polar surface area (TPSA) is 50.7 Å². The summed E-state index contributed by atoms with van der Waals surface area (Å²) in [7, 11) is 0. The van der Waals surface area contributed by atoms with Gasteiger partial charge in [0.15, 0.2) is 6.61 Å². The molecule has 0 aliphatic carbocycles. The molecule has 2 aromatic carbocycles. The lowest BCUT2D eigenvalue weighted by molar-refractivity contribution is -0.123. The van der Waals surface area contributed by atoms with E-state index in [4.69, 9.17) is 27.9 Å². The molecule has 2 aromatic rings. The average molecular weight is 416 g/mol. The van der Waals surface area contributed by atoms with Crippen LogP contribution in [0.1, 0.15) is 11.1 Å². The van der Waals surface area contributed by atoms with E-state index >= 15 is 0 Å². The van der Waals surface area contributed by atoms with Crippen molar-refractivity contribution in [2.45, 2.75) is 6.92 Å². The van der Waals surface area contributed by atoms with Crippen LogP contribution in [0.2, 0.25) is 10.0 Å². The van der Waals surface area contributed by atoms with Crippen LogP contribution in [0.25, 0.3) is 0 Å². The Morgan fingerprint density at radius 1 is 1.35 bits per heavy atom. The SMILES string of the molecule is Cc1ccc(OCC(=O)NN=Cc2cccc(Cl)c2Cl)c(Br)c1. The lowest BCUT2D eigenvalue weighted by Gasteiger charge is -2.07. The van der Waals surface area contributed by atoms with Crippen molar-refractivity contribution in [1.29, 1.82) is 0 Å². The third kappa shape index (κ3) is 5.23. The van der Waals surface area contributed by atoms with E-state index in [9.17, 15) is 4.79 Å². The van der Waals surface area contributed by atoms with Gasteiger partial charge < -0.3 is 4.74 Å². The molecule has 1 N–H and O–H groups in total. The molecule has 4 nitrogen and oxygen atoms in total. The molecule has 0 spiro atoms. The number of nitrogens with zero attached hydrogens (tertiary/aromatic N) is 1. The second kappa shape index (κ2) is 8.34. The number of amides is 1. The van der Waals surface area contributed by atoms with Gasteiger partial charge in [-0.25, -0.2) is 5.43 Å². The monoisotopic (exact) mass is 414 g/mol. The fourth-order valence-corrected chi connectivity index (χ4v) is 2.66. The third-order valence-corrected chi connectivity index (χ3v) is 4.27. The second-order valence-electron chi connectivity index (χ2n) is 4.66. The Hall–Kier alpha value is -1.56. The van der Waals surface area contributed by atoms with E-state index in [2.05, 4.69) is 26.5 Å². The minimum Gasteiger partial charge on any atom is -0.483 e. The van der Waals surface area contributed by atoms with Gasteiger partial charge in [-0.15, -0.1) is 0 Å². The predicted molar refractivity (Wildman–Crippen MR) is 96.6 cm³/mol. The minimum absolute atomic E-state index is 0.151. The Morgan fingerprint density at radius 2 is 2.13 bits per heavy atom. The number of hydrogen-bond donors (Lipinski definition) is 1. The first-order chi connectivity index (χ1) is 11.0. The van der Waals surface area contributed by atoms with E-state index < -0.39 is 0 Å². The Kier molecular flexibility index (Phi) is 6.45. The van der Waals surface area contributed by atoms with Gasteiger partial charge in [-0.3, -0.25) is 4.79 Å². The number of hydrazone groups is 1. The highest BCUT2D eigenvalue weighted by atomic mass is 79.9. The van der Waals surface area contributed by atoms with E-state index in [1.165, 1.54) is 6.21 Å². The number of nitrogens with one attached hydrogen (secondary N) is 1. The zero-order chi connectivity index (χ0) is 16.8. The number of ether oxygens (including phenoxy) is 1. The van der Waals surface area contributed by atoms with Crippen LogP contribution >= 0.6 is 39.1 Å². The quantitative estimate of drug-likeness (QED) is 0.573. The van der Waals surface area contributed by atoms with Gasteiger partial charge in [0.25, 0.3) is 5.91 Å². The van der Waals surface area contributed by atoms with Crippen LogP contribution in [0, 0.1) is 6.92 Å². The lowest BCUT2D eigenvalue weighted by Crippen LogP contribution is -2.24. The van der Waals surface area contributed by atoms with Crippen molar-refractivity contribution in [3.8, 4) is 5.75 Å². The molecule has 120 valence electrons. The fraction of sp³-hybridized carbons (Fsp3) is 0.125. The smallest absolute Gasteiger partial charge is 0.277 e. The van der Waals surface area contributed by atoms with Crippen molar-refractivity contribution >= 4 is 51.3 Å². The van der Waals surface area contributed by atoms with Crippen molar-refractivity contribution < 1.29 is 9.53 Å². The van der Waals surface area contributed by atoms with Crippen molar-refractivity contribution in [2.75, 3.05) is 6.61 Å². The molecule has 0 heterocycles. The minimum atomic E-state index is -0.383. The summed E-state index contributed by atoms with van der Waals surface area (Å²) in [5, 5.41) is 4.64. The zero-order valence-corrected chi connectivity index (χ0v) is 15.2. The molecule has 7 heteroatoms. The Bertz CT molecular complexity index is 751. The van der Waals surface area contributed by atoms with Crippen molar-refractivity contribution in [3.05, 3.63) is 62.0 Å². The van der Waals surface area contributed by atoms with Crippen molar-refractivity contribution in [3.63, 3.8) is 0 Å². The van der Waals surface area contributed by atoms with E-state index in [0.717, 1.165) is 10.0 Å². The fourth-order valence-electron chi connectivity index (χ4n) is 1.69. The predicted octanol–water partition coefficient (Wildman–Crippen LogP) is 4.59. The first-order valence-corrected chi connectivity index (χ1v) is 8.17. The maximum Gasteiger partial charge on any atom is 0.277 e. The van der Waals surface area contributed by atoms with Gasteiger partial charge in [0.1, 0.15) is 5.75 Å². The zero-order valence-electron chi connectivity index (χ0n) is 12.1. The van der Waals surface area contributed by atoms with E-state index in [-0.39, 0.29) is 12.5 Å². The number of rotatable bonds is 5. The molecule has 1 amide bonds. The molecule has 0 aromatic heterocycles. The number of halogens is 3. The summed E-state index contributed by atoms with van der Waals surface area (Å²) in [6.45, 7) is 1.82. The molecular weight excluding hydrogens is 403 g/mol. The van der Waals surface area contributed by atoms with Crippen LogP contribution in [0.4, 0.5) is 0 Å². The summed E-state index contributed by atoms with van der Waals surface area (Å²) in [6, 6.07) is 10.8. The van der Waals surface area contributed by atoms with Gasteiger partial charge in [0.2, 0.25) is 0 Å². The van der Waals surface area contributed by atoms with Gasteiger partial charge in [0.05, 0.1) is 20.7 Å².